The van der Waals surface area contributed by atoms with Crippen LogP contribution < -0.4 is 10.6 Å². The van der Waals surface area contributed by atoms with Crippen LogP contribution in [0.1, 0.15) is 25.3 Å². The normalized spacial score (nSPS) is 23.4. The number of nitrogens with two attached hydrogens (primary N) is 1. The van der Waals surface area contributed by atoms with Crippen LogP contribution in [0.25, 0.3) is 0 Å². The summed E-state index contributed by atoms with van der Waals surface area (Å²) in [6.07, 6.45) is 1.98. The van der Waals surface area contributed by atoms with Gasteiger partial charge in [-0.3, -0.25) is 0 Å². The average Bonchev–Trinajstić information content (AvgIpc) is 2.38. The van der Waals surface area contributed by atoms with Crippen LogP contribution in [-0.4, -0.2) is 30.8 Å². The average molecular weight is 282 g/mol. The molecule has 0 aromatic heterocycles. The molecule has 0 bridgehead atoms. The van der Waals surface area contributed by atoms with E-state index in [4.69, 9.17) is 22.7 Å². The predicted molar refractivity (Wildman–Crippen MR) is 79.1 cm³/mol. The molecule has 0 aliphatic carbocycles. The van der Waals surface area contributed by atoms with Crippen molar-refractivity contribution in [1.29, 1.82) is 0 Å². The lowest BCUT2D eigenvalue weighted by molar-refractivity contribution is -0.00476. The van der Waals surface area contributed by atoms with Gasteiger partial charge in [-0.25, -0.2) is 4.39 Å². The fourth-order valence-corrected chi connectivity index (χ4v) is 2.62. The number of nitrogens with zero attached hydrogens (tertiary/aromatic N) is 1. The van der Waals surface area contributed by atoms with Gasteiger partial charge in [0.15, 0.2) is 0 Å². The first kappa shape index (κ1) is 14.2. The second-order valence-corrected chi connectivity index (χ2v) is 5.65. The van der Waals surface area contributed by atoms with E-state index < -0.39 is 0 Å². The van der Waals surface area contributed by atoms with Crippen molar-refractivity contribution in [3.8, 4) is 0 Å². The molecule has 1 fully saturated rings. The predicted octanol–water partition coefficient (Wildman–Crippen LogP) is 2.47. The van der Waals surface area contributed by atoms with Crippen molar-refractivity contribution in [1.82, 2.24) is 0 Å². The van der Waals surface area contributed by atoms with Crippen LogP contribution in [0.4, 0.5) is 10.1 Å². The van der Waals surface area contributed by atoms with Crippen LogP contribution >= 0.6 is 12.2 Å². The highest BCUT2D eigenvalue weighted by molar-refractivity contribution is 7.80. The summed E-state index contributed by atoms with van der Waals surface area (Å²) in [5, 5.41) is 0. The van der Waals surface area contributed by atoms with Crippen molar-refractivity contribution in [3.63, 3.8) is 0 Å². The fourth-order valence-electron chi connectivity index (χ4n) is 2.49. The minimum atomic E-state index is -0.286. The topological polar surface area (TPSA) is 38.5 Å². The molecule has 2 N–H and O–H groups in total. The SMILES string of the molecule is COC1(C)CCCN(c2ccc(C(N)=S)cc2F)C1. The van der Waals surface area contributed by atoms with Gasteiger partial charge in [0.05, 0.1) is 11.3 Å². The maximum absolute atomic E-state index is 14.2. The zero-order valence-corrected chi connectivity index (χ0v) is 12.1. The van der Waals surface area contributed by atoms with Crippen molar-refractivity contribution in [3.05, 3.63) is 29.6 Å². The zero-order valence-electron chi connectivity index (χ0n) is 11.3. The third kappa shape index (κ3) is 3.04. The number of benzene rings is 1. The molecule has 5 heteroatoms. The van der Waals surface area contributed by atoms with Gasteiger partial charge in [0.25, 0.3) is 0 Å². The van der Waals surface area contributed by atoms with Crippen LogP contribution in [-0.2, 0) is 4.74 Å². The van der Waals surface area contributed by atoms with E-state index in [2.05, 4.69) is 6.92 Å². The van der Waals surface area contributed by atoms with E-state index in [-0.39, 0.29) is 16.4 Å². The van der Waals surface area contributed by atoms with Crippen molar-refractivity contribution in [2.45, 2.75) is 25.4 Å². The van der Waals surface area contributed by atoms with Crippen molar-refractivity contribution in [2.75, 3.05) is 25.1 Å². The summed E-state index contributed by atoms with van der Waals surface area (Å²) in [6.45, 7) is 3.58. The summed E-state index contributed by atoms with van der Waals surface area (Å²) in [7, 11) is 1.70. The Bertz CT molecular complexity index is 494. The highest BCUT2D eigenvalue weighted by Gasteiger charge is 2.31. The number of hydrogen-bond acceptors (Lipinski definition) is 3. The summed E-state index contributed by atoms with van der Waals surface area (Å²) in [4.78, 5) is 2.23. The first-order valence-electron chi connectivity index (χ1n) is 6.35. The van der Waals surface area contributed by atoms with Crippen LogP contribution in [0.2, 0.25) is 0 Å². The Hall–Kier alpha value is -1.20. The zero-order chi connectivity index (χ0) is 14.0. The summed E-state index contributed by atoms with van der Waals surface area (Å²) in [5.41, 5.74) is 6.44. The molecule has 1 aliphatic heterocycles. The van der Waals surface area contributed by atoms with E-state index in [0.29, 0.717) is 17.8 Å². The number of ether oxygens (including phenoxy) is 1. The molecule has 1 aromatic rings. The minimum absolute atomic E-state index is 0.214. The van der Waals surface area contributed by atoms with E-state index in [1.54, 1.807) is 19.2 Å². The fraction of sp³-hybridized carbons (Fsp3) is 0.500. The quantitative estimate of drug-likeness (QED) is 0.864. The Balaban J connectivity index is 2.24. The molecule has 2 rings (SSSR count). The Labute approximate surface area is 118 Å². The van der Waals surface area contributed by atoms with Crippen LogP contribution in [0.5, 0.6) is 0 Å². The molecule has 0 amide bonds. The lowest BCUT2D eigenvalue weighted by Crippen LogP contribution is -2.47. The molecule has 1 saturated heterocycles. The van der Waals surface area contributed by atoms with Gasteiger partial charge in [0.2, 0.25) is 0 Å². The molecule has 1 atom stereocenters. The number of piperidine rings is 1. The minimum Gasteiger partial charge on any atom is -0.389 e. The van der Waals surface area contributed by atoms with Crippen LogP contribution in [0.3, 0.4) is 0 Å². The van der Waals surface area contributed by atoms with Crippen molar-refractivity contribution >= 4 is 22.9 Å². The van der Waals surface area contributed by atoms with Gasteiger partial charge in [-0.15, -0.1) is 0 Å². The summed E-state index contributed by atoms with van der Waals surface area (Å²) >= 11 is 4.85. The molecular weight excluding hydrogens is 263 g/mol. The highest BCUT2D eigenvalue weighted by atomic mass is 32.1. The van der Waals surface area contributed by atoms with E-state index in [1.165, 1.54) is 6.07 Å². The van der Waals surface area contributed by atoms with Crippen LogP contribution in [0, 0.1) is 5.82 Å². The van der Waals surface area contributed by atoms with Gasteiger partial charge >= 0.3 is 0 Å². The molecule has 1 unspecified atom stereocenters. The Morgan fingerprint density at radius 1 is 1.53 bits per heavy atom. The first-order chi connectivity index (χ1) is 8.95. The monoisotopic (exact) mass is 282 g/mol. The molecule has 19 heavy (non-hydrogen) atoms. The van der Waals surface area contributed by atoms with Gasteiger partial charge in [-0.05, 0) is 38.0 Å². The Morgan fingerprint density at radius 3 is 2.84 bits per heavy atom. The molecule has 0 saturated carbocycles. The van der Waals surface area contributed by atoms with E-state index >= 15 is 0 Å². The number of methoxy groups -OCH3 is 1. The first-order valence-corrected chi connectivity index (χ1v) is 6.75. The van der Waals surface area contributed by atoms with Gasteiger partial charge in [0, 0.05) is 25.8 Å². The molecule has 104 valence electrons. The van der Waals surface area contributed by atoms with E-state index in [0.717, 1.165) is 19.4 Å². The maximum Gasteiger partial charge on any atom is 0.147 e. The Morgan fingerprint density at radius 2 is 2.26 bits per heavy atom. The second kappa shape index (κ2) is 5.43. The van der Waals surface area contributed by atoms with Gasteiger partial charge in [-0.1, -0.05) is 12.2 Å². The molecule has 1 aromatic carbocycles. The largest absolute Gasteiger partial charge is 0.389 e. The highest BCUT2D eigenvalue weighted by Crippen LogP contribution is 2.29. The third-order valence-electron chi connectivity index (χ3n) is 3.72. The molecule has 0 spiro atoms. The summed E-state index contributed by atoms with van der Waals surface area (Å²) < 4.78 is 19.7. The second-order valence-electron chi connectivity index (χ2n) is 5.21. The van der Waals surface area contributed by atoms with Crippen LogP contribution in [0.15, 0.2) is 18.2 Å². The maximum atomic E-state index is 14.2. The molecule has 0 radical (unpaired) electrons. The number of hydrogen-bond donors (Lipinski definition) is 1. The molecular formula is C14H19FN2OS. The smallest absolute Gasteiger partial charge is 0.147 e. The number of anilines is 1. The van der Waals surface area contributed by atoms with Gasteiger partial charge in [0.1, 0.15) is 10.8 Å². The lowest BCUT2D eigenvalue weighted by Gasteiger charge is -2.40. The van der Waals surface area contributed by atoms with E-state index in [9.17, 15) is 4.39 Å². The molecule has 3 nitrogen and oxygen atoms in total. The van der Waals surface area contributed by atoms with E-state index in [1.807, 2.05) is 4.90 Å². The summed E-state index contributed by atoms with van der Waals surface area (Å²) in [6, 6.07) is 4.90. The van der Waals surface area contributed by atoms with Gasteiger partial charge < -0.3 is 15.4 Å². The lowest BCUT2D eigenvalue weighted by atomic mass is 9.94. The standard InChI is InChI=1S/C14H19FN2OS/c1-14(18-2)6-3-7-17(9-14)12-5-4-10(13(16)19)8-11(12)15/h4-5,8H,3,6-7,9H2,1-2H3,(H2,16,19). The number of rotatable bonds is 3. The van der Waals surface area contributed by atoms with Crippen molar-refractivity contribution < 1.29 is 9.13 Å². The third-order valence-corrected chi connectivity index (χ3v) is 3.96. The summed E-state index contributed by atoms with van der Waals surface area (Å²) in [5.74, 6) is -0.286. The molecule has 1 aliphatic rings. The van der Waals surface area contributed by atoms with Crippen molar-refractivity contribution in [2.24, 2.45) is 5.73 Å². The number of thiocarbonyl (C=S) groups is 1. The van der Waals surface area contributed by atoms with Gasteiger partial charge in [-0.2, -0.15) is 0 Å². The Kier molecular flexibility index (Phi) is 4.06. The molecule has 1 heterocycles. The number of halogens is 1.